The maximum atomic E-state index is 10.2. The van der Waals surface area contributed by atoms with Crippen molar-refractivity contribution < 1.29 is 64.9 Å². The molecule has 0 saturated carbocycles. The van der Waals surface area contributed by atoms with Crippen molar-refractivity contribution in [3.8, 4) is 0 Å². The van der Waals surface area contributed by atoms with Crippen molar-refractivity contribution >= 4 is 0 Å². The molecule has 13 heteroatoms. The molecule has 0 aromatic carbocycles. The standard InChI is InChI=1S/C15H28O13/c16-1-5(18)9(20)7(2-17)27-15-13(24)11(22)8(4-26-15)28-14-12(23)10(21)6(19)3-25-14/h5-24H,1-4H2/t5-,6?,7-,8?,9+,10-,11-,12+,13+,14-,15+/m0/s1. The normalized spacial score (nSPS) is 42.8. The molecular weight excluding hydrogens is 388 g/mol. The highest BCUT2D eigenvalue weighted by Gasteiger charge is 2.46. The minimum Gasteiger partial charge on any atom is -0.394 e. The fraction of sp³-hybridized carbons (Fsp3) is 1.00. The van der Waals surface area contributed by atoms with Gasteiger partial charge in [-0.25, -0.2) is 0 Å². The van der Waals surface area contributed by atoms with Gasteiger partial charge in [0.05, 0.1) is 26.4 Å². The number of ether oxygens (including phenoxy) is 4. The van der Waals surface area contributed by atoms with Crippen LogP contribution >= 0.6 is 0 Å². The monoisotopic (exact) mass is 416 g/mol. The van der Waals surface area contributed by atoms with Crippen molar-refractivity contribution in [2.24, 2.45) is 0 Å². The zero-order valence-electron chi connectivity index (χ0n) is 14.8. The summed E-state index contributed by atoms with van der Waals surface area (Å²) in [6, 6.07) is 0. The number of aliphatic hydroxyl groups excluding tert-OH is 9. The molecule has 2 aliphatic heterocycles. The Morgan fingerprint density at radius 3 is 2.00 bits per heavy atom. The lowest BCUT2D eigenvalue weighted by Gasteiger charge is -2.42. The van der Waals surface area contributed by atoms with Gasteiger partial charge in [0.1, 0.15) is 54.9 Å². The Morgan fingerprint density at radius 2 is 1.39 bits per heavy atom. The molecule has 9 N–H and O–H groups in total. The molecule has 2 aliphatic rings. The van der Waals surface area contributed by atoms with E-state index in [0.29, 0.717) is 0 Å². The van der Waals surface area contributed by atoms with Crippen molar-refractivity contribution in [3.63, 3.8) is 0 Å². The average Bonchev–Trinajstić information content (AvgIpc) is 2.69. The smallest absolute Gasteiger partial charge is 0.186 e. The van der Waals surface area contributed by atoms with E-state index in [2.05, 4.69) is 0 Å². The maximum absolute atomic E-state index is 10.2. The fourth-order valence-electron chi connectivity index (χ4n) is 2.84. The van der Waals surface area contributed by atoms with Crippen LogP contribution in [0.5, 0.6) is 0 Å². The van der Waals surface area contributed by atoms with E-state index in [1.807, 2.05) is 0 Å². The van der Waals surface area contributed by atoms with E-state index in [1.54, 1.807) is 0 Å². The first-order valence-corrected chi connectivity index (χ1v) is 8.73. The number of rotatable bonds is 8. The van der Waals surface area contributed by atoms with Crippen LogP contribution in [0.2, 0.25) is 0 Å². The lowest BCUT2D eigenvalue weighted by atomic mass is 10.0. The fourth-order valence-corrected chi connectivity index (χ4v) is 2.84. The molecule has 2 rings (SSSR count). The van der Waals surface area contributed by atoms with Gasteiger partial charge in [-0.2, -0.15) is 0 Å². The summed E-state index contributed by atoms with van der Waals surface area (Å²) in [5.74, 6) is 0. The maximum Gasteiger partial charge on any atom is 0.186 e. The van der Waals surface area contributed by atoms with Gasteiger partial charge in [-0.1, -0.05) is 0 Å². The summed E-state index contributed by atoms with van der Waals surface area (Å²) in [5.41, 5.74) is 0. The molecule has 13 nitrogen and oxygen atoms in total. The molecule has 0 radical (unpaired) electrons. The Hall–Kier alpha value is -0.520. The SMILES string of the molecule is OC[C@H](O[C@H]1OCC(O[C@@H]2OCC(O)[C@H](O)[C@H]2O)[C@H](O)[C@H]1O)[C@H](O)[C@@H](O)CO. The molecule has 0 aliphatic carbocycles. The van der Waals surface area contributed by atoms with E-state index >= 15 is 0 Å². The van der Waals surface area contributed by atoms with Crippen LogP contribution in [-0.2, 0) is 18.9 Å². The molecule has 0 aromatic rings. The van der Waals surface area contributed by atoms with E-state index in [0.717, 1.165) is 0 Å². The van der Waals surface area contributed by atoms with Crippen LogP contribution in [0.15, 0.2) is 0 Å². The minimum atomic E-state index is -1.71. The predicted molar refractivity (Wildman–Crippen MR) is 85.4 cm³/mol. The van der Waals surface area contributed by atoms with Crippen LogP contribution in [0.25, 0.3) is 0 Å². The summed E-state index contributed by atoms with van der Waals surface area (Å²) >= 11 is 0. The van der Waals surface area contributed by atoms with Crippen molar-refractivity contribution in [1.82, 2.24) is 0 Å². The van der Waals surface area contributed by atoms with Gasteiger partial charge in [0, 0.05) is 0 Å². The molecule has 2 unspecified atom stereocenters. The molecule has 2 heterocycles. The Morgan fingerprint density at radius 1 is 0.786 bits per heavy atom. The Labute approximate surface area is 159 Å². The lowest BCUT2D eigenvalue weighted by molar-refractivity contribution is -0.337. The van der Waals surface area contributed by atoms with E-state index in [9.17, 15) is 40.9 Å². The summed E-state index contributed by atoms with van der Waals surface area (Å²) < 4.78 is 20.8. The second-order valence-corrected chi connectivity index (χ2v) is 6.71. The lowest BCUT2D eigenvalue weighted by Crippen LogP contribution is -2.60. The van der Waals surface area contributed by atoms with Crippen molar-refractivity contribution in [3.05, 3.63) is 0 Å². The highest BCUT2D eigenvalue weighted by molar-refractivity contribution is 4.88. The second kappa shape index (κ2) is 10.5. The van der Waals surface area contributed by atoms with Crippen LogP contribution in [0.4, 0.5) is 0 Å². The molecule has 0 aromatic heterocycles. The number of hydrogen-bond donors (Lipinski definition) is 9. The van der Waals surface area contributed by atoms with Crippen LogP contribution in [0.3, 0.4) is 0 Å². The third-order valence-corrected chi connectivity index (χ3v) is 4.65. The van der Waals surface area contributed by atoms with Gasteiger partial charge in [-0.15, -0.1) is 0 Å². The zero-order valence-corrected chi connectivity index (χ0v) is 14.8. The first-order valence-electron chi connectivity index (χ1n) is 8.73. The van der Waals surface area contributed by atoms with Crippen LogP contribution in [0, 0.1) is 0 Å². The van der Waals surface area contributed by atoms with E-state index < -0.39 is 80.7 Å². The molecule has 0 bridgehead atoms. The minimum absolute atomic E-state index is 0.315. The van der Waals surface area contributed by atoms with Crippen LogP contribution < -0.4 is 0 Å². The average molecular weight is 416 g/mol. The van der Waals surface area contributed by atoms with E-state index in [-0.39, 0.29) is 13.2 Å². The van der Waals surface area contributed by atoms with Crippen molar-refractivity contribution in [1.29, 1.82) is 0 Å². The Balaban J connectivity index is 1.93. The van der Waals surface area contributed by atoms with E-state index in [4.69, 9.17) is 24.1 Å². The van der Waals surface area contributed by atoms with E-state index in [1.165, 1.54) is 0 Å². The highest BCUT2D eigenvalue weighted by atomic mass is 16.7. The van der Waals surface area contributed by atoms with Crippen LogP contribution in [-0.4, -0.2) is 140 Å². The van der Waals surface area contributed by atoms with Crippen molar-refractivity contribution in [2.45, 2.75) is 67.5 Å². The summed E-state index contributed by atoms with van der Waals surface area (Å²) in [6.07, 6.45) is -16.5. The van der Waals surface area contributed by atoms with Crippen LogP contribution in [0.1, 0.15) is 0 Å². The van der Waals surface area contributed by atoms with Gasteiger partial charge < -0.3 is 64.9 Å². The summed E-state index contributed by atoms with van der Waals surface area (Å²) in [5, 5.41) is 86.7. The van der Waals surface area contributed by atoms with Gasteiger partial charge >= 0.3 is 0 Å². The van der Waals surface area contributed by atoms with Gasteiger partial charge in [0.2, 0.25) is 0 Å². The Kier molecular flexibility index (Phi) is 8.90. The first kappa shape index (κ1) is 23.8. The summed E-state index contributed by atoms with van der Waals surface area (Å²) in [4.78, 5) is 0. The second-order valence-electron chi connectivity index (χ2n) is 6.71. The number of hydrogen-bond acceptors (Lipinski definition) is 13. The van der Waals surface area contributed by atoms with Gasteiger partial charge in [0.25, 0.3) is 0 Å². The Bertz CT molecular complexity index is 447. The first-order chi connectivity index (χ1) is 13.2. The van der Waals surface area contributed by atoms with Gasteiger partial charge in [-0.05, 0) is 0 Å². The molecule has 0 amide bonds. The molecular formula is C15H28O13. The quantitative estimate of drug-likeness (QED) is 0.180. The third kappa shape index (κ3) is 5.34. The highest BCUT2D eigenvalue weighted by Crippen LogP contribution is 2.25. The molecule has 2 saturated heterocycles. The summed E-state index contributed by atoms with van der Waals surface area (Å²) in [7, 11) is 0. The van der Waals surface area contributed by atoms with Gasteiger partial charge in [0.15, 0.2) is 12.6 Å². The third-order valence-electron chi connectivity index (χ3n) is 4.65. The molecule has 2 fully saturated rings. The molecule has 166 valence electrons. The number of aliphatic hydroxyl groups is 9. The topological polar surface area (TPSA) is 219 Å². The summed E-state index contributed by atoms with van der Waals surface area (Å²) in [6.45, 7) is -2.24. The zero-order chi connectivity index (χ0) is 21.0. The van der Waals surface area contributed by atoms with Gasteiger partial charge in [-0.3, -0.25) is 0 Å². The predicted octanol–water partition coefficient (Wildman–Crippen LogP) is -6.02. The largest absolute Gasteiger partial charge is 0.394 e. The molecule has 0 spiro atoms. The molecule has 11 atom stereocenters. The van der Waals surface area contributed by atoms with Crippen molar-refractivity contribution in [2.75, 3.05) is 26.4 Å². The molecule has 28 heavy (non-hydrogen) atoms.